The number of nitrogens with zero attached hydrogens (tertiary/aromatic N) is 1. The predicted molar refractivity (Wildman–Crippen MR) is 154 cm³/mol. The number of carbonyl (C=O) groups is 1. The Morgan fingerprint density at radius 1 is 0.684 bits per heavy atom. The van der Waals surface area contributed by atoms with Crippen molar-refractivity contribution in [3.05, 3.63) is 66.5 Å². The molecule has 0 aliphatic rings. The fourth-order valence-corrected chi connectivity index (χ4v) is 4.98. The highest BCUT2D eigenvalue weighted by atomic mass is 79.9. The van der Waals surface area contributed by atoms with Crippen LogP contribution in [0.3, 0.4) is 0 Å². The minimum atomic E-state index is -0.662. The standard InChI is InChI=1S/C33H52N2O2.BrH/c1-30(33(37)31-24-18-16-19-25-31)34-32(36)26-20-14-12-10-8-6-4-2-3-5-7-9-11-13-15-21-27-35-28-22-17-23-29-35;/h16-19,22-25,28-30,33,37H,2-15,20-21,26-27H2,1H3;1H/t30-,33-;/m1./s1. The first-order valence-corrected chi connectivity index (χ1v) is 15.1. The second-order valence-corrected chi connectivity index (χ2v) is 10.7. The summed E-state index contributed by atoms with van der Waals surface area (Å²) >= 11 is 0. The van der Waals surface area contributed by atoms with E-state index in [4.69, 9.17) is 0 Å². The molecule has 0 spiro atoms. The van der Waals surface area contributed by atoms with Crippen molar-refractivity contribution in [2.45, 2.75) is 135 Å². The summed E-state index contributed by atoms with van der Waals surface area (Å²) in [5.41, 5.74) is 0.843. The van der Waals surface area contributed by atoms with Gasteiger partial charge in [-0.25, -0.2) is 4.57 Å². The lowest BCUT2D eigenvalue weighted by Crippen LogP contribution is -3.00. The molecule has 214 valence electrons. The van der Waals surface area contributed by atoms with E-state index in [1.54, 1.807) is 0 Å². The minimum Gasteiger partial charge on any atom is -1.00 e. The number of pyridine rings is 1. The van der Waals surface area contributed by atoms with Gasteiger partial charge in [0.1, 0.15) is 6.54 Å². The number of amides is 1. The van der Waals surface area contributed by atoms with Crippen LogP contribution < -0.4 is 26.9 Å². The van der Waals surface area contributed by atoms with Gasteiger partial charge in [-0.15, -0.1) is 0 Å². The van der Waals surface area contributed by atoms with Crippen LogP contribution in [-0.4, -0.2) is 17.1 Å². The normalized spacial score (nSPS) is 12.5. The third-order valence-corrected chi connectivity index (χ3v) is 7.35. The van der Waals surface area contributed by atoms with Gasteiger partial charge in [-0.1, -0.05) is 120 Å². The molecule has 1 aromatic carbocycles. The molecule has 2 atom stereocenters. The van der Waals surface area contributed by atoms with Crippen molar-refractivity contribution >= 4 is 5.91 Å². The van der Waals surface area contributed by atoms with Crippen LogP contribution in [0.25, 0.3) is 0 Å². The molecule has 1 amide bonds. The summed E-state index contributed by atoms with van der Waals surface area (Å²) in [4.78, 5) is 12.2. The van der Waals surface area contributed by atoms with Crippen molar-refractivity contribution in [1.82, 2.24) is 5.32 Å². The van der Waals surface area contributed by atoms with E-state index in [1.165, 1.54) is 89.9 Å². The fourth-order valence-electron chi connectivity index (χ4n) is 4.98. The molecule has 1 aromatic heterocycles. The highest BCUT2D eigenvalue weighted by Crippen LogP contribution is 2.17. The van der Waals surface area contributed by atoms with Crippen LogP contribution in [0.15, 0.2) is 60.9 Å². The number of carbonyl (C=O) groups excluding carboxylic acids is 1. The lowest BCUT2D eigenvalue weighted by Gasteiger charge is -2.20. The second-order valence-electron chi connectivity index (χ2n) is 10.7. The molecule has 0 radical (unpaired) electrons. The van der Waals surface area contributed by atoms with Gasteiger partial charge in [-0.05, 0) is 25.3 Å². The zero-order valence-electron chi connectivity index (χ0n) is 23.8. The Kier molecular flexibility index (Phi) is 20.9. The van der Waals surface area contributed by atoms with Crippen molar-refractivity contribution in [2.24, 2.45) is 0 Å². The van der Waals surface area contributed by atoms with E-state index < -0.39 is 6.10 Å². The van der Waals surface area contributed by atoms with Crippen LogP contribution in [0.4, 0.5) is 0 Å². The number of halogens is 1. The Hall–Kier alpha value is -1.72. The maximum absolute atomic E-state index is 12.2. The van der Waals surface area contributed by atoms with E-state index in [2.05, 4.69) is 40.5 Å². The topological polar surface area (TPSA) is 53.2 Å². The van der Waals surface area contributed by atoms with Gasteiger partial charge in [0.05, 0.1) is 12.1 Å². The Morgan fingerprint density at radius 3 is 1.61 bits per heavy atom. The molecular formula is C33H53BrN2O2. The van der Waals surface area contributed by atoms with Gasteiger partial charge in [-0.3, -0.25) is 4.79 Å². The van der Waals surface area contributed by atoms with Crippen molar-refractivity contribution in [2.75, 3.05) is 0 Å². The molecule has 2 N–H and O–H groups in total. The van der Waals surface area contributed by atoms with Crippen LogP contribution in [0.1, 0.15) is 128 Å². The molecule has 0 bridgehead atoms. The third-order valence-electron chi connectivity index (χ3n) is 7.35. The van der Waals surface area contributed by atoms with E-state index in [-0.39, 0.29) is 28.9 Å². The van der Waals surface area contributed by atoms with Crippen LogP contribution in [0.5, 0.6) is 0 Å². The minimum absolute atomic E-state index is 0. The van der Waals surface area contributed by atoms with Gasteiger partial charge in [0.15, 0.2) is 12.4 Å². The highest BCUT2D eigenvalue weighted by Gasteiger charge is 2.17. The molecule has 2 rings (SSSR count). The number of benzene rings is 1. The number of aryl methyl sites for hydroxylation is 1. The van der Waals surface area contributed by atoms with Gasteiger partial charge < -0.3 is 27.4 Å². The Morgan fingerprint density at radius 2 is 1.11 bits per heavy atom. The van der Waals surface area contributed by atoms with Crippen LogP contribution in [0, 0.1) is 0 Å². The smallest absolute Gasteiger partial charge is 0.220 e. The average Bonchev–Trinajstić information content (AvgIpc) is 2.93. The van der Waals surface area contributed by atoms with E-state index in [1.807, 2.05) is 37.3 Å². The first-order valence-electron chi connectivity index (χ1n) is 15.1. The number of aliphatic hydroxyl groups is 1. The van der Waals surface area contributed by atoms with Crippen molar-refractivity contribution in [1.29, 1.82) is 0 Å². The maximum Gasteiger partial charge on any atom is 0.220 e. The first-order chi connectivity index (χ1) is 18.2. The van der Waals surface area contributed by atoms with Crippen LogP contribution >= 0.6 is 0 Å². The molecule has 0 unspecified atom stereocenters. The summed E-state index contributed by atoms with van der Waals surface area (Å²) < 4.78 is 2.28. The Bertz CT molecular complexity index is 803. The Labute approximate surface area is 243 Å². The zero-order valence-corrected chi connectivity index (χ0v) is 25.4. The number of hydrogen-bond acceptors (Lipinski definition) is 2. The molecule has 1 heterocycles. The van der Waals surface area contributed by atoms with Crippen molar-refractivity contribution < 1.29 is 31.4 Å². The lowest BCUT2D eigenvalue weighted by molar-refractivity contribution is -0.697. The van der Waals surface area contributed by atoms with Gasteiger partial charge in [-0.2, -0.15) is 0 Å². The lowest BCUT2D eigenvalue weighted by atomic mass is 10.0. The molecule has 0 aliphatic carbocycles. The molecule has 0 saturated heterocycles. The summed E-state index contributed by atoms with van der Waals surface area (Å²) in [5, 5.41) is 13.3. The number of aromatic nitrogens is 1. The molecule has 2 aromatic rings. The van der Waals surface area contributed by atoms with E-state index in [0.717, 1.165) is 24.9 Å². The summed E-state index contributed by atoms with van der Waals surface area (Å²) in [6, 6.07) is 15.5. The summed E-state index contributed by atoms with van der Waals surface area (Å²) in [6.45, 7) is 3.02. The van der Waals surface area contributed by atoms with E-state index >= 15 is 0 Å². The van der Waals surface area contributed by atoms with Gasteiger partial charge in [0.25, 0.3) is 0 Å². The van der Waals surface area contributed by atoms with E-state index in [9.17, 15) is 9.90 Å². The fraction of sp³-hybridized carbons (Fsp3) is 0.636. The first kappa shape index (κ1) is 34.3. The second kappa shape index (κ2) is 23.2. The third kappa shape index (κ3) is 17.0. The van der Waals surface area contributed by atoms with Gasteiger partial charge in [0, 0.05) is 25.0 Å². The van der Waals surface area contributed by atoms with Crippen molar-refractivity contribution in [3.8, 4) is 0 Å². The quantitative estimate of drug-likeness (QED) is 0.153. The molecular weight excluding hydrogens is 536 g/mol. The molecule has 0 fully saturated rings. The summed E-state index contributed by atoms with van der Waals surface area (Å²) in [7, 11) is 0. The molecule has 5 heteroatoms. The molecule has 0 saturated carbocycles. The number of unbranched alkanes of at least 4 members (excludes halogenated alkanes) is 15. The molecule has 4 nitrogen and oxygen atoms in total. The zero-order chi connectivity index (χ0) is 26.4. The number of aliphatic hydroxyl groups excluding tert-OH is 1. The Balaban J connectivity index is 0.00000722. The largest absolute Gasteiger partial charge is 1.00 e. The SMILES string of the molecule is C[C@@H](NC(=O)CCCCCCCCCCCCCCCCCC[n+]1ccccc1)[C@@H](O)c1ccccc1.[Br-]. The number of nitrogens with one attached hydrogen (secondary N) is 1. The van der Waals surface area contributed by atoms with Crippen LogP contribution in [0.2, 0.25) is 0 Å². The monoisotopic (exact) mass is 588 g/mol. The van der Waals surface area contributed by atoms with Gasteiger partial charge in [0.2, 0.25) is 5.91 Å². The number of rotatable bonds is 22. The summed E-state index contributed by atoms with van der Waals surface area (Å²) in [6.07, 6.45) is 25.3. The number of hydrogen-bond donors (Lipinski definition) is 2. The van der Waals surface area contributed by atoms with Crippen molar-refractivity contribution in [3.63, 3.8) is 0 Å². The summed E-state index contributed by atoms with van der Waals surface area (Å²) in [5.74, 6) is 0.0460. The average molecular weight is 590 g/mol. The highest BCUT2D eigenvalue weighted by molar-refractivity contribution is 5.76. The molecule has 38 heavy (non-hydrogen) atoms. The van der Waals surface area contributed by atoms with Crippen LogP contribution in [-0.2, 0) is 11.3 Å². The van der Waals surface area contributed by atoms with E-state index in [0.29, 0.717) is 6.42 Å². The predicted octanol–water partition coefficient (Wildman–Crippen LogP) is 4.85. The maximum atomic E-state index is 12.2. The van der Waals surface area contributed by atoms with Gasteiger partial charge >= 0.3 is 0 Å². The molecule has 0 aliphatic heterocycles.